The Balaban J connectivity index is 0.000000189. The van der Waals surface area contributed by atoms with Gasteiger partial charge in [-0.25, -0.2) is 14.4 Å². The smallest absolute Gasteiger partial charge is 0.255 e. The molecule has 1 N–H and O–H groups in total. The number of fused-ring (bicyclic) bond motifs is 1. The number of nitrogens with one attached hydrogen (secondary N) is 1. The molecular formula is C15H21FN4O. The summed E-state index contributed by atoms with van der Waals surface area (Å²) < 4.78 is 14.3. The highest BCUT2D eigenvalue weighted by atomic mass is 19.1. The van der Waals surface area contributed by atoms with Crippen molar-refractivity contribution in [3.05, 3.63) is 42.5 Å². The van der Waals surface area contributed by atoms with Crippen molar-refractivity contribution in [1.29, 1.82) is 0 Å². The van der Waals surface area contributed by atoms with Crippen LogP contribution < -0.4 is 5.32 Å². The monoisotopic (exact) mass is 292 g/mol. The van der Waals surface area contributed by atoms with Gasteiger partial charge in [-0.15, -0.1) is 0 Å². The topological polar surface area (TPSA) is 59.3 Å². The van der Waals surface area contributed by atoms with Gasteiger partial charge >= 0.3 is 0 Å². The first-order chi connectivity index (χ1) is 10.2. The second-order valence-electron chi connectivity index (χ2n) is 4.13. The van der Waals surface area contributed by atoms with Crippen molar-refractivity contribution in [3.8, 4) is 0 Å². The number of amides is 1. The number of nitrogens with zero attached hydrogens (tertiary/aromatic N) is 3. The molecule has 1 unspecified atom stereocenters. The fourth-order valence-electron chi connectivity index (χ4n) is 1.63. The van der Waals surface area contributed by atoms with Gasteiger partial charge in [0.2, 0.25) is 5.78 Å². The summed E-state index contributed by atoms with van der Waals surface area (Å²) in [5.41, 5.74) is 0.999. The van der Waals surface area contributed by atoms with Crippen molar-refractivity contribution in [2.75, 3.05) is 6.54 Å². The second kappa shape index (κ2) is 8.84. The minimum Gasteiger partial charge on any atom is -0.350 e. The summed E-state index contributed by atoms with van der Waals surface area (Å²) >= 11 is 0. The van der Waals surface area contributed by atoms with Crippen molar-refractivity contribution in [1.82, 2.24) is 19.7 Å². The summed E-state index contributed by atoms with van der Waals surface area (Å²) in [6, 6.07) is 1.88. The van der Waals surface area contributed by atoms with Crippen molar-refractivity contribution in [2.45, 2.75) is 33.4 Å². The van der Waals surface area contributed by atoms with Gasteiger partial charge in [0.15, 0.2) is 6.17 Å². The lowest BCUT2D eigenvalue weighted by atomic mass is 10.3. The quantitative estimate of drug-likeness (QED) is 0.759. The van der Waals surface area contributed by atoms with Gasteiger partial charge in [-0.1, -0.05) is 26.0 Å². The highest BCUT2D eigenvalue weighted by molar-refractivity contribution is 5.81. The van der Waals surface area contributed by atoms with Crippen LogP contribution in [0.25, 0.3) is 5.78 Å². The Morgan fingerprint density at radius 2 is 2.14 bits per heavy atom. The van der Waals surface area contributed by atoms with E-state index in [1.807, 2.05) is 43.6 Å². The van der Waals surface area contributed by atoms with Crippen LogP contribution >= 0.6 is 0 Å². The maximum atomic E-state index is 12.4. The van der Waals surface area contributed by atoms with Crippen LogP contribution in [0.1, 0.15) is 26.0 Å². The average molecular weight is 292 g/mol. The molecule has 2 aromatic rings. The molecule has 3 heterocycles. The molecule has 0 spiro atoms. The first-order valence-corrected chi connectivity index (χ1v) is 7.00. The van der Waals surface area contributed by atoms with E-state index in [4.69, 9.17) is 0 Å². The SMILES string of the molecule is CC.Cc1cn2cccnc2n1.O=C1NCC=CCC1F. The predicted octanol–water partition coefficient (Wildman–Crippen LogP) is 2.46. The summed E-state index contributed by atoms with van der Waals surface area (Å²) in [5.74, 6) is 0.264. The van der Waals surface area contributed by atoms with E-state index in [1.54, 1.807) is 18.3 Å². The Hall–Kier alpha value is -2.24. The van der Waals surface area contributed by atoms with Gasteiger partial charge in [-0.2, -0.15) is 0 Å². The zero-order valence-electron chi connectivity index (χ0n) is 12.6. The van der Waals surface area contributed by atoms with Crippen LogP contribution in [0.4, 0.5) is 4.39 Å². The fraction of sp³-hybridized carbons (Fsp3) is 0.400. The molecule has 1 amide bonds. The molecule has 6 heteroatoms. The van der Waals surface area contributed by atoms with E-state index >= 15 is 0 Å². The first kappa shape index (κ1) is 16.8. The summed E-state index contributed by atoms with van der Waals surface area (Å²) in [4.78, 5) is 18.7. The number of rotatable bonds is 0. The van der Waals surface area contributed by atoms with Crippen LogP contribution in [0.15, 0.2) is 36.8 Å². The number of carbonyl (C=O) groups is 1. The zero-order valence-corrected chi connectivity index (χ0v) is 12.6. The van der Waals surface area contributed by atoms with Gasteiger partial charge in [0.25, 0.3) is 5.91 Å². The largest absolute Gasteiger partial charge is 0.350 e. The third kappa shape index (κ3) is 5.33. The van der Waals surface area contributed by atoms with Gasteiger partial charge in [0, 0.05) is 31.6 Å². The summed E-state index contributed by atoms with van der Waals surface area (Å²) in [6.45, 7) is 6.41. The number of hydrogen-bond donors (Lipinski definition) is 1. The molecule has 5 nitrogen and oxygen atoms in total. The van der Waals surface area contributed by atoms with Gasteiger partial charge in [0.05, 0.1) is 5.69 Å². The lowest BCUT2D eigenvalue weighted by Crippen LogP contribution is -2.29. The molecule has 1 aliphatic heterocycles. The van der Waals surface area contributed by atoms with Crippen molar-refractivity contribution < 1.29 is 9.18 Å². The molecule has 0 fully saturated rings. The van der Waals surface area contributed by atoms with Crippen LogP contribution in [0.3, 0.4) is 0 Å². The second-order valence-corrected chi connectivity index (χ2v) is 4.13. The van der Waals surface area contributed by atoms with Crippen LogP contribution in [0.5, 0.6) is 0 Å². The Labute approximate surface area is 123 Å². The molecule has 2 aromatic heterocycles. The molecule has 1 atom stereocenters. The molecule has 0 radical (unpaired) electrons. The number of alkyl halides is 1. The highest BCUT2D eigenvalue weighted by Crippen LogP contribution is 2.01. The molecule has 0 aliphatic carbocycles. The summed E-state index contributed by atoms with van der Waals surface area (Å²) in [5, 5.41) is 2.39. The van der Waals surface area contributed by atoms with Gasteiger partial charge in [-0.3, -0.25) is 9.20 Å². The molecule has 0 saturated heterocycles. The van der Waals surface area contributed by atoms with E-state index in [9.17, 15) is 9.18 Å². The van der Waals surface area contributed by atoms with E-state index in [1.165, 1.54) is 0 Å². The number of allylic oxidation sites excluding steroid dienone is 1. The number of aromatic nitrogens is 3. The summed E-state index contributed by atoms with van der Waals surface area (Å²) in [6.07, 6.45) is 7.90. The number of carbonyl (C=O) groups excluding carboxylic acids is 1. The number of imidazole rings is 1. The van der Waals surface area contributed by atoms with Crippen molar-refractivity contribution in [3.63, 3.8) is 0 Å². The minimum atomic E-state index is -1.34. The maximum Gasteiger partial charge on any atom is 0.255 e. The third-order valence-electron chi connectivity index (χ3n) is 2.54. The number of hydrogen-bond acceptors (Lipinski definition) is 3. The normalized spacial score (nSPS) is 17.0. The first-order valence-electron chi connectivity index (χ1n) is 7.00. The molecule has 3 rings (SSSR count). The minimum absolute atomic E-state index is 0.214. The molecule has 0 aromatic carbocycles. The molecular weight excluding hydrogens is 271 g/mol. The van der Waals surface area contributed by atoms with Crippen LogP contribution in [-0.4, -0.2) is 33.0 Å². The Kier molecular flexibility index (Phi) is 7.08. The predicted molar refractivity (Wildman–Crippen MR) is 80.7 cm³/mol. The Bertz CT molecular complexity index is 561. The number of aryl methyl sites for hydroxylation is 1. The lowest BCUT2D eigenvalue weighted by Gasteiger charge is -2.00. The molecule has 21 heavy (non-hydrogen) atoms. The Morgan fingerprint density at radius 3 is 2.86 bits per heavy atom. The van der Waals surface area contributed by atoms with E-state index < -0.39 is 12.1 Å². The van der Waals surface area contributed by atoms with E-state index in [-0.39, 0.29) is 6.42 Å². The van der Waals surface area contributed by atoms with Crippen LogP contribution in [0.2, 0.25) is 0 Å². The number of halogens is 1. The van der Waals surface area contributed by atoms with Crippen LogP contribution in [-0.2, 0) is 4.79 Å². The Morgan fingerprint density at radius 1 is 1.38 bits per heavy atom. The molecule has 114 valence electrons. The molecule has 0 bridgehead atoms. The van der Waals surface area contributed by atoms with Crippen molar-refractivity contribution in [2.24, 2.45) is 0 Å². The highest BCUT2D eigenvalue weighted by Gasteiger charge is 2.15. The van der Waals surface area contributed by atoms with Gasteiger partial charge in [0.1, 0.15) is 0 Å². The average Bonchev–Trinajstić information content (AvgIpc) is 2.79. The third-order valence-corrected chi connectivity index (χ3v) is 2.54. The van der Waals surface area contributed by atoms with E-state index in [0.717, 1.165) is 11.5 Å². The van der Waals surface area contributed by atoms with Gasteiger partial charge in [-0.05, 0) is 13.0 Å². The maximum absolute atomic E-state index is 12.4. The van der Waals surface area contributed by atoms with Crippen LogP contribution in [0, 0.1) is 6.92 Å². The standard InChI is InChI=1S/C7H7N3.C6H8FNO.C2H6/c1-6-5-10-4-2-3-8-7(10)9-6;7-5-3-1-2-4-8-6(5)9;1-2/h2-5H,1H3;1-2,5H,3-4H2,(H,8,9);1-2H3. The fourth-order valence-corrected chi connectivity index (χ4v) is 1.63. The summed E-state index contributed by atoms with van der Waals surface area (Å²) in [7, 11) is 0. The van der Waals surface area contributed by atoms with Crippen molar-refractivity contribution >= 4 is 11.7 Å². The van der Waals surface area contributed by atoms with Gasteiger partial charge < -0.3 is 5.32 Å². The molecule has 1 aliphatic rings. The molecule has 0 saturated carbocycles. The van der Waals surface area contributed by atoms with E-state index in [2.05, 4.69) is 15.3 Å². The lowest BCUT2D eigenvalue weighted by molar-refractivity contribution is -0.125. The van der Waals surface area contributed by atoms with E-state index in [0.29, 0.717) is 6.54 Å². The zero-order chi connectivity index (χ0) is 15.7.